The fraction of sp³-hybridized carbons (Fsp3) is 0.227. The van der Waals surface area contributed by atoms with Gasteiger partial charge in [-0.05, 0) is 49.8 Å². The van der Waals surface area contributed by atoms with E-state index in [2.05, 4.69) is 10.2 Å². The predicted molar refractivity (Wildman–Crippen MR) is 107 cm³/mol. The van der Waals surface area contributed by atoms with E-state index in [1.165, 1.54) is 6.08 Å². The van der Waals surface area contributed by atoms with Crippen molar-refractivity contribution in [1.29, 1.82) is 0 Å². The lowest BCUT2D eigenvalue weighted by molar-refractivity contribution is -0.143. The maximum absolute atomic E-state index is 12.1. The van der Waals surface area contributed by atoms with Gasteiger partial charge in [0.25, 0.3) is 5.89 Å². The molecule has 1 heterocycles. The fourth-order valence-corrected chi connectivity index (χ4v) is 2.59. The number of rotatable bonds is 8. The van der Waals surface area contributed by atoms with Crippen molar-refractivity contribution in [3.05, 3.63) is 66.1 Å². The minimum absolute atomic E-state index is 0.230. The Kier molecular flexibility index (Phi) is 6.63. The second-order valence-electron chi connectivity index (χ2n) is 6.07. The van der Waals surface area contributed by atoms with Crippen molar-refractivity contribution < 1.29 is 23.4 Å². The molecule has 0 aliphatic carbocycles. The summed E-state index contributed by atoms with van der Waals surface area (Å²) in [6.07, 6.45) is 2.29. The normalized spacial score (nSPS) is 12.0. The van der Waals surface area contributed by atoms with Crippen molar-refractivity contribution in [2.24, 2.45) is 0 Å². The number of carbonyl (C=O) groups excluding carboxylic acids is 1. The molecule has 0 unspecified atom stereocenters. The first kappa shape index (κ1) is 20.1. The lowest BCUT2D eigenvalue weighted by Gasteiger charge is -2.09. The van der Waals surface area contributed by atoms with Crippen LogP contribution in [0.1, 0.15) is 31.4 Å². The molecule has 150 valence electrons. The number of hydrogen-bond donors (Lipinski definition) is 0. The lowest BCUT2D eigenvalue weighted by Crippen LogP contribution is -2.06. The first-order valence-corrected chi connectivity index (χ1v) is 9.19. The van der Waals surface area contributed by atoms with Crippen LogP contribution in [0.4, 0.5) is 0 Å². The molecular formula is C22H22N2O5. The van der Waals surface area contributed by atoms with E-state index in [0.717, 1.165) is 11.1 Å². The Hall–Kier alpha value is -3.61. The Morgan fingerprint density at radius 1 is 1.14 bits per heavy atom. The second-order valence-corrected chi connectivity index (χ2v) is 6.07. The number of esters is 1. The van der Waals surface area contributed by atoms with E-state index in [9.17, 15) is 4.79 Å². The van der Waals surface area contributed by atoms with Crippen LogP contribution >= 0.6 is 0 Å². The molecule has 0 spiro atoms. The predicted octanol–water partition coefficient (Wildman–Crippen LogP) is 4.46. The van der Waals surface area contributed by atoms with Gasteiger partial charge in [0, 0.05) is 11.6 Å². The highest BCUT2D eigenvalue weighted by molar-refractivity contribution is 5.87. The monoisotopic (exact) mass is 394 g/mol. The van der Waals surface area contributed by atoms with Gasteiger partial charge in [-0.1, -0.05) is 24.3 Å². The van der Waals surface area contributed by atoms with Crippen LogP contribution in [0.25, 0.3) is 17.5 Å². The average Bonchev–Trinajstić information content (AvgIpc) is 3.24. The van der Waals surface area contributed by atoms with E-state index in [1.54, 1.807) is 32.2 Å². The van der Waals surface area contributed by atoms with Crippen LogP contribution in [0.3, 0.4) is 0 Å². The molecule has 0 amide bonds. The van der Waals surface area contributed by atoms with E-state index in [1.807, 2.05) is 43.3 Å². The molecular weight excluding hydrogens is 372 g/mol. The summed E-state index contributed by atoms with van der Waals surface area (Å²) in [5, 5.41) is 7.96. The summed E-state index contributed by atoms with van der Waals surface area (Å²) >= 11 is 0. The number of ether oxygens (including phenoxy) is 3. The summed E-state index contributed by atoms with van der Waals surface area (Å²) in [7, 11) is 1.56. The zero-order valence-electron chi connectivity index (χ0n) is 16.5. The maximum Gasteiger partial charge on any atom is 0.331 e. The molecule has 3 aromatic rings. The van der Waals surface area contributed by atoms with Gasteiger partial charge in [0.1, 0.15) is 0 Å². The zero-order chi connectivity index (χ0) is 20.6. The molecule has 0 N–H and O–H groups in total. The molecule has 0 radical (unpaired) electrons. The van der Waals surface area contributed by atoms with Crippen LogP contribution in [-0.2, 0) is 9.53 Å². The third-order valence-corrected chi connectivity index (χ3v) is 4.00. The summed E-state index contributed by atoms with van der Waals surface area (Å²) in [6.45, 7) is 4.11. The molecule has 0 aliphatic heterocycles. The van der Waals surface area contributed by atoms with Crippen LogP contribution in [0.5, 0.6) is 11.5 Å². The van der Waals surface area contributed by atoms with Gasteiger partial charge in [0.05, 0.1) is 13.7 Å². The van der Waals surface area contributed by atoms with E-state index >= 15 is 0 Å². The van der Waals surface area contributed by atoms with Gasteiger partial charge in [-0.25, -0.2) is 4.79 Å². The smallest absolute Gasteiger partial charge is 0.331 e. The van der Waals surface area contributed by atoms with Crippen molar-refractivity contribution in [2.45, 2.75) is 20.0 Å². The van der Waals surface area contributed by atoms with Gasteiger partial charge in [-0.15, -0.1) is 10.2 Å². The van der Waals surface area contributed by atoms with Crippen LogP contribution in [0, 0.1) is 0 Å². The Morgan fingerprint density at radius 2 is 1.93 bits per heavy atom. The topological polar surface area (TPSA) is 83.7 Å². The molecule has 0 fully saturated rings. The highest BCUT2D eigenvalue weighted by Gasteiger charge is 2.18. The van der Waals surface area contributed by atoms with Gasteiger partial charge in [-0.2, -0.15) is 0 Å². The van der Waals surface area contributed by atoms with Crippen LogP contribution in [-0.4, -0.2) is 29.9 Å². The maximum atomic E-state index is 12.1. The van der Waals surface area contributed by atoms with Gasteiger partial charge in [0.15, 0.2) is 17.6 Å². The Bertz CT molecular complexity index is 982. The third kappa shape index (κ3) is 5.22. The Morgan fingerprint density at radius 3 is 2.66 bits per heavy atom. The third-order valence-electron chi connectivity index (χ3n) is 4.00. The Labute approximate surface area is 168 Å². The van der Waals surface area contributed by atoms with Crippen molar-refractivity contribution in [3.63, 3.8) is 0 Å². The highest BCUT2D eigenvalue weighted by atomic mass is 16.6. The van der Waals surface area contributed by atoms with Crippen molar-refractivity contribution in [3.8, 4) is 23.0 Å². The summed E-state index contributed by atoms with van der Waals surface area (Å²) < 4.78 is 21.7. The number of hydrogen-bond acceptors (Lipinski definition) is 7. The number of nitrogens with zero attached hydrogens (tertiary/aromatic N) is 2. The van der Waals surface area contributed by atoms with E-state index in [4.69, 9.17) is 18.6 Å². The summed E-state index contributed by atoms with van der Waals surface area (Å²) in [4.78, 5) is 12.1. The molecule has 0 aliphatic rings. The SMILES string of the molecule is CCOc1ccc(/C=C/C(=O)O[C@H](C)c2nnc(-c3ccccc3)o2)cc1OC. The molecule has 1 aromatic heterocycles. The minimum atomic E-state index is -0.674. The molecule has 29 heavy (non-hydrogen) atoms. The molecule has 0 saturated heterocycles. The summed E-state index contributed by atoms with van der Waals surface area (Å²) in [5.41, 5.74) is 1.58. The molecule has 3 rings (SSSR count). The summed E-state index contributed by atoms with van der Waals surface area (Å²) in [6, 6.07) is 14.8. The van der Waals surface area contributed by atoms with Crippen LogP contribution in [0.2, 0.25) is 0 Å². The van der Waals surface area contributed by atoms with Gasteiger partial charge >= 0.3 is 5.97 Å². The minimum Gasteiger partial charge on any atom is -0.493 e. The first-order valence-electron chi connectivity index (χ1n) is 9.19. The van der Waals surface area contributed by atoms with E-state index < -0.39 is 12.1 Å². The number of methoxy groups -OCH3 is 1. The highest BCUT2D eigenvalue weighted by Crippen LogP contribution is 2.28. The van der Waals surface area contributed by atoms with Crippen molar-refractivity contribution in [1.82, 2.24) is 10.2 Å². The van der Waals surface area contributed by atoms with Gasteiger partial charge in [0.2, 0.25) is 5.89 Å². The standard InChI is InChI=1S/C22H22N2O5/c1-4-27-18-12-10-16(14-19(18)26-3)11-13-20(25)28-15(2)21-23-24-22(29-21)17-8-6-5-7-9-17/h5-15H,4H2,1-3H3/b13-11+/t15-/m1/s1. The fourth-order valence-electron chi connectivity index (χ4n) is 2.59. The molecule has 7 nitrogen and oxygen atoms in total. The van der Waals surface area contributed by atoms with Gasteiger partial charge < -0.3 is 18.6 Å². The van der Waals surface area contributed by atoms with Crippen LogP contribution in [0.15, 0.2) is 59.0 Å². The first-order chi connectivity index (χ1) is 14.1. The lowest BCUT2D eigenvalue weighted by atomic mass is 10.2. The van der Waals surface area contributed by atoms with E-state index in [-0.39, 0.29) is 5.89 Å². The quantitative estimate of drug-likeness (QED) is 0.412. The molecule has 2 aromatic carbocycles. The average molecular weight is 394 g/mol. The molecule has 0 bridgehead atoms. The van der Waals surface area contributed by atoms with Crippen LogP contribution < -0.4 is 9.47 Å². The van der Waals surface area contributed by atoms with Gasteiger partial charge in [-0.3, -0.25) is 0 Å². The molecule has 1 atom stereocenters. The molecule has 7 heteroatoms. The number of carbonyl (C=O) groups is 1. The molecule has 0 saturated carbocycles. The summed E-state index contributed by atoms with van der Waals surface area (Å²) in [5.74, 6) is 1.32. The zero-order valence-corrected chi connectivity index (χ0v) is 16.5. The number of aromatic nitrogens is 2. The van der Waals surface area contributed by atoms with E-state index in [0.29, 0.717) is 24.0 Å². The largest absolute Gasteiger partial charge is 0.493 e. The number of benzene rings is 2. The Balaban J connectivity index is 1.62. The van der Waals surface area contributed by atoms with Crippen molar-refractivity contribution in [2.75, 3.05) is 13.7 Å². The second kappa shape index (κ2) is 9.54. The van der Waals surface area contributed by atoms with Crippen molar-refractivity contribution >= 4 is 12.0 Å².